The molecule has 0 unspecified atom stereocenters. The van der Waals surface area contributed by atoms with Gasteiger partial charge in [0.1, 0.15) is 36.0 Å². The van der Waals surface area contributed by atoms with Gasteiger partial charge in [-0.3, -0.25) is 43.3 Å². The number of hydrogen-bond acceptors (Lipinski definition) is 11. The van der Waals surface area contributed by atoms with E-state index in [-0.39, 0.29) is 63.2 Å². The Hall–Kier alpha value is -5.99. The molecule has 21 nitrogen and oxygen atoms in total. The molecule has 0 saturated carbocycles. The monoisotopic (exact) mass is 806 g/mol. The Kier molecular flexibility index (Phi) is 21.1. The number of amides is 7. The molecule has 1 rings (SSSR count). The number of primary amides is 2. The summed E-state index contributed by atoms with van der Waals surface area (Å²) in [5.41, 5.74) is 22.0. The zero-order valence-electron chi connectivity index (χ0n) is 32.7. The largest absolute Gasteiger partial charge is 0.508 e. The van der Waals surface area contributed by atoms with Crippen molar-refractivity contribution in [2.45, 2.75) is 115 Å². The first-order valence-corrected chi connectivity index (χ1v) is 18.5. The summed E-state index contributed by atoms with van der Waals surface area (Å²) in [4.78, 5) is 106. The third-order valence-electron chi connectivity index (χ3n) is 9.02. The number of aliphatic imine (C=N–C) groups is 1. The van der Waals surface area contributed by atoms with Crippen LogP contribution in [0.2, 0.25) is 0 Å². The molecule has 0 saturated heterocycles. The lowest BCUT2D eigenvalue weighted by Crippen LogP contribution is -2.61. The Morgan fingerprint density at radius 3 is 1.75 bits per heavy atom. The van der Waals surface area contributed by atoms with Gasteiger partial charge in [0.05, 0.1) is 6.10 Å². The fourth-order valence-corrected chi connectivity index (χ4v) is 5.34. The lowest BCUT2D eigenvalue weighted by Gasteiger charge is -2.30. The van der Waals surface area contributed by atoms with E-state index in [1.54, 1.807) is 13.8 Å². The van der Waals surface area contributed by atoms with Gasteiger partial charge in [0.15, 0.2) is 5.96 Å². The Morgan fingerprint density at radius 2 is 1.23 bits per heavy atom. The Labute approximate surface area is 330 Å². The second-order valence-electron chi connectivity index (χ2n) is 13.8. The third-order valence-corrected chi connectivity index (χ3v) is 9.02. The van der Waals surface area contributed by atoms with Crippen LogP contribution >= 0.6 is 0 Å². The predicted octanol–water partition coefficient (Wildman–Crippen LogP) is -2.91. The predicted molar refractivity (Wildman–Crippen MR) is 206 cm³/mol. The number of nitrogens with zero attached hydrogens (tertiary/aromatic N) is 1. The van der Waals surface area contributed by atoms with Crippen LogP contribution in [0.25, 0.3) is 0 Å². The van der Waals surface area contributed by atoms with Gasteiger partial charge >= 0.3 is 5.97 Å². The third kappa shape index (κ3) is 18.5. The number of carbonyl (C=O) groups excluding carboxylic acids is 7. The van der Waals surface area contributed by atoms with Gasteiger partial charge in [-0.05, 0) is 56.2 Å². The molecule has 1 aromatic carbocycles. The quantitative estimate of drug-likeness (QED) is 0.0254. The average molecular weight is 807 g/mol. The number of phenolic OH excluding ortho intramolecular Hbond substituents is 1. The summed E-state index contributed by atoms with van der Waals surface area (Å²) >= 11 is 0. The molecule has 8 atom stereocenters. The van der Waals surface area contributed by atoms with Crippen molar-refractivity contribution in [3.05, 3.63) is 29.8 Å². The molecule has 0 spiro atoms. The van der Waals surface area contributed by atoms with Crippen molar-refractivity contribution < 1.29 is 53.7 Å². The van der Waals surface area contributed by atoms with E-state index in [4.69, 9.17) is 28.0 Å². The fraction of sp³-hybridized carbons (Fsp3) is 0.583. The molecule has 0 aliphatic heterocycles. The molecule has 318 valence electrons. The van der Waals surface area contributed by atoms with E-state index in [1.165, 1.54) is 38.1 Å². The van der Waals surface area contributed by atoms with E-state index in [0.717, 1.165) is 0 Å². The Balaban J connectivity index is 3.38. The first kappa shape index (κ1) is 49.0. The SMILES string of the molecule is CC[C@H](C)[C@H](NC(=O)[C@@H](NC(=O)[C@@H](C)CCC(=O)O)[C@@H](C)O)C(=O)N[C@@H](CCC(N)=O)C(=O)N[C@@H](Cc1ccc(O)cc1)C(=O)N[C@@H](CCCN=C(N)N)C(N)=O. The number of aliphatic carboxylic acids is 1. The van der Waals surface area contributed by atoms with Crippen molar-refractivity contribution in [2.75, 3.05) is 6.54 Å². The highest BCUT2D eigenvalue weighted by atomic mass is 16.4. The normalized spacial score (nSPS) is 15.1. The number of carboxylic acid groups (broad SMARTS) is 1. The molecule has 0 heterocycles. The molecular formula is C36H58N10O11. The highest BCUT2D eigenvalue weighted by molar-refractivity contribution is 5.97. The van der Waals surface area contributed by atoms with E-state index in [0.29, 0.717) is 12.0 Å². The van der Waals surface area contributed by atoms with Gasteiger partial charge in [0.25, 0.3) is 0 Å². The van der Waals surface area contributed by atoms with E-state index >= 15 is 0 Å². The number of nitrogens with two attached hydrogens (primary N) is 4. The molecule has 21 heteroatoms. The first-order valence-electron chi connectivity index (χ1n) is 18.5. The molecule has 0 fully saturated rings. The van der Waals surface area contributed by atoms with E-state index in [9.17, 15) is 48.6 Å². The number of hydrogen-bond donors (Lipinski definition) is 12. The number of phenols is 1. The van der Waals surface area contributed by atoms with Crippen LogP contribution in [-0.4, -0.2) is 111 Å². The molecule has 7 amide bonds. The van der Waals surface area contributed by atoms with Crippen molar-refractivity contribution in [2.24, 2.45) is 39.8 Å². The van der Waals surface area contributed by atoms with Crippen molar-refractivity contribution in [3.8, 4) is 5.75 Å². The molecule has 0 aliphatic carbocycles. The van der Waals surface area contributed by atoms with Gasteiger partial charge in [-0.1, -0.05) is 39.3 Å². The summed E-state index contributed by atoms with van der Waals surface area (Å²) in [7, 11) is 0. The lowest BCUT2D eigenvalue weighted by molar-refractivity contribution is -0.139. The van der Waals surface area contributed by atoms with Gasteiger partial charge in [0.2, 0.25) is 41.4 Å². The van der Waals surface area contributed by atoms with Crippen LogP contribution in [0, 0.1) is 11.8 Å². The molecule has 57 heavy (non-hydrogen) atoms. The van der Waals surface area contributed by atoms with Crippen LogP contribution in [0.3, 0.4) is 0 Å². The summed E-state index contributed by atoms with van der Waals surface area (Å²) in [6.45, 7) is 6.17. The molecule has 0 radical (unpaired) electrons. The molecular weight excluding hydrogens is 748 g/mol. The number of carboxylic acids is 1. The highest BCUT2D eigenvalue weighted by Gasteiger charge is 2.35. The molecule has 0 aliphatic rings. The minimum atomic E-state index is -1.55. The molecule has 1 aromatic rings. The maximum atomic E-state index is 13.9. The smallest absolute Gasteiger partial charge is 0.303 e. The molecule has 0 aromatic heterocycles. The number of nitrogens with one attached hydrogen (secondary N) is 5. The topological polar surface area (TPSA) is 374 Å². The Morgan fingerprint density at radius 1 is 0.684 bits per heavy atom. The number of guanidine groups is 1. The number of carbonyl (C=O) groups is 8. The standard InChI is InChI=1S/C36H58N10O11/c1-5-18(2)28(45-35(57)29(20(4)47)46-31(53)19(3)8-15-27(50)51)34(56)43-24(13-14-26(37)49)32(54)44-25(17-21-9-11-22(48)12-10-21)33(55)42-23(30(38)52)7-6-16-41-36(39)40/h9-12,18-20,23-25,28-29,47-48H,5-8,13-17H2,1-4H3,(H2,37,49)(H2,38,52)(H,42,55)(H,43,56)(H,44,54)(H,45,57)(H,46,53)(H,50,51)(H4,39,40,41)/t18-,19-,20+,23-,24-,25-,28-,29-/m0/s1. The minimum Gasteiger partial charge on any atom is -0.508 e. The van der Waals surface area contributed by atoms with E-state index in [2.05, 4.69) is 31.6 Å². The molecule has 16 N–H and O–H groups in total. The van der Waals surface area contributed by atoms with Crippen LogP contribution in [0.15, 0.2) is 29.3 Å². The maximum Gasteiger partial charge on any atom is 0.303 e. The van der Waals surface area contributed by atoms with Crippen LogP contribution in [0.4, 0.5) is 0 Å². The van der Waals surface area contributed by atoms with Crippen LogP contribution in [0.5, 0.6) is 5.75 Å². The average Bonchev–Trinajstić information content (AvgIpc) is 3.13. The number of aromatic hydroxyl groups is 1. The summed E-state index contributed by atoms with van der Waals surface area (Å²) < 4.78 is 0. The molecule has 0 bridgehead atoms. The van der Waals surface area contributed by atoms with Crippen molar-refractivity contribution in [1.82, 2.24) is 26.6 Å². The van der Waals surface area contributed by atoms with Gasteiger partial charge in [-0.25, -0.2) is 0 Å². The van der Waals surface area contributed by atoms with Crippen LogP contribution in [0.1, 0.15) is 78.2 Å². The van der Waals surface area contributed by atoms with Gasteiger partial charge in [-0.15, -0.1) is 0 Å². The summed E-state index contributed by atoms with van der Waals surface area (Å²) in [6.07, 6.45) is -2.05. The van der Waals surface area contributed by atoms with E-state index in [1.807, 2.05) is 0 Å². The maximum absolute atomic E-state index is 13.9. The van der Waals surface area contributed by atoms with Crippen LogP contribution < -0.4 is 49.5 Å². The summed E-state index contributed by atoms with van der Waals surface area (Å²) in [5, 5.41) is 41.6. The second kappa shape index (κ2) is 24.5. The second-order valence-corrected chi connectivity index (χ2v) is 13.8. The van der Waals surface area contributed by atoms with Crippen molar-refractivity contribution in [1.29, 1.82) is 0 Å². The van der Waals surface area contributed by atoms with Gasteiger partial charge in [-0.2, -0.15) is 0 Å². The lowest BCUT2D eigenvalue weighted by atomic mass is 9.96. The zero-order chi connectivity index (χ0) is 43.4. The van der Waals surface area contributed by atoms with E-state index < -0.39 is 95.5 Å². The number of aliphatic hydroxyl groups is 1. The minimum absolute atomic E-state index is 0.0359. The van der Waals surface area contributed by atoms with Gasteiger partial charge in [0, 0.05) is 31.7 Å². The van der Waals surface area contributed by atoms with Crippen LogP contribution in [-0.2, 0) is 44.8 Å². The number of benzene rings is 1. The first-order chi connectivity index (χ1) is 26.7. The fourth-order valence-electron chi connectivity index (χ4n) is 5.34. The Bertz CT molecular complexity index is 1580. The van der Waals surface area contributed by atoms with Crippen molar-refractivity contribution in [3.63, 3.8) is 0 Å². The summed E-state index contributed by atoms with van der Waals surface area (Å²) in [6, 6.07) is -1.29. The van der Waals surface area contributed by atoms with Crippen molar-refractivity contribution >= 4 is 53.3 Å². The zero-order valence-corrected chi connectivity index (χ0v) is 32.7. The number of rotatable bonds is 26. The highest BCUT2D eigenvalue weighted by Crippen LogP contribution is 2.14. The van der Waals surface area contributed by atoms with Gasteiger partial charge < -0.3 is 64.8 Å². The number of aliphatic hydroxyl groups excluding tert-OH is 1. The summed E-state index contributed by atoms with van der Waals surface area (Å²) in [5.74, 6) is -8.78.